The van der Waals surface area contributed by atoms with Crippen molar-refractivity contribution < 1.29 is 18.1 Å². The van der Waals surface area contributed by atoms with E-state index in [0.29, 0.717) is 11.3 Å². The zero-order chi connectivity index (χ0) is 16.7. The fourth-order valence-electron chi connectivity index (χ4n) is 2.22. The highest BCUT2D eigenvalue weighted by atomic mass is 32.2. The van der Waals surface area contributed by atoms with E-state index in [9.17, 15) is 18.1 Å². The van der Waals surface area contributed by atoms with Crippen molar-refractivity contribution in [1.82, 2.24) is 0 Å². The minimum absolute atomic E-state index is 0.0740. The first kappa shape index (κ1) is 15.8. The van der Waals surface area contributed by atoms with Gasteiger partial charge in [-0.2, -0.15) is 23.8 Å². The Balaban J connectivity index is 3.07. The molecule has 2 aromatic rings. The number of benzene rings is 2. The molecule has 0 saturated heterocycles. The number of nitrogens with zero attached hydrogens (tertiary/aromatic N) is 3. The summed E-state index contributed by atoms with van der Waals surface area (Å²) in [6, 6.07) is 2.63. The summed E-state index contributed by atoms with van der Waals surface area (Å²) in [5, 5.41) is 21.0. The number of azo groups is 1. The summed E-state index contributed by atoms with van der Waals surface area (Å²) in [6.45, 7) is 1.69. The van der Waals surface area contributed by atoms with Crippen LogP contribution in [0.4, 0.5) is 17.1 Å². The first-order chi connectivity index (χ1) is 10.2. The Hall–Kier alpha value is -2.59. The second-order valence-electron chi connectivity index (χ2n) is 4.51. The van der Waals surface area contributed by atoms with Crippen LogP contribution in [0.25, 0.3) is 10.8 Å². The largest absolute Gasteiger partial charge is 0.505 e. The second-order valence-corrected chi connectivity index (χ2v) is 5.90. The maximum absolute atomic E-state index is 11.4. The van der Waals surface area contributed by atoms with Gasteiger partial charge in [-0.3, -0.25) is 4.55 Å². The van der Waals surface area contributed by atoms with Gasteiger partial charge in [-0.1, -0.05) is 0 Å². The highest BCUT2D eigenvalue weighted by Crippen LogP contribution is 2.46. The molecule has 0 saturated carbocycles. The molecular weight excluding hydrogens is 310 g/mol. The minimum Gasteiger partial charge on any atom is -0.505 e. The molecule has 10 heteroatoms. The maximum Gasteiger partial charge on any atom is 0.296 e. The summed E-state index contributed by atoms with van der Waals surface area (Å²) in [5.41, 5.74) is 13.4. The van der Waals surface area contributed by atoms with Crippen LogP contribution in [-0.4, -0.2) is 25.1 Å². The van der Waals surface area contributed by atoms with E-state index in [1.807, 2.05) is 0 Å². The average Bonchev–Trinajstić information content (AvgIpc) is 2.41. The number of aryl methyl sites for hydroxylation is 1. The Kier molecular flexibility index (Phi) is 3.81. The second kappa shape index (κ2) is 5.31. The highest BCUT2D eigenvalue weighted by molar-refractivity contribution is 7.86. The van der Waals surface area contributed by atoms with E-state index in [-0.39, 0.29) is 16.5 Å². The Bertz CT molecular complexity index is 921. The van der Waals surface area contributed by atoms with Gasteiger partial charge < -0.3 is 10.8 Å². The molecule has 0 bridgehead atoms. The molecule has 0 aliphatic rings. The third-order valence-corrected chi connectivity index (χ3v) is 4.00. The topological polar surface area (TPSA) is 162 Å². The number of nitrogens with two attached hydrogens (primary N) is 1. The van der Waals surface area contributed by atoms with Crippen LogP contribution in [0.3, 0.4) is 0 Å². The standard InChI is InChI=1S/C12H13N5O4S/c1-5-3-6-4-7(22(19,20)21)11(16-14)12(18)8(6)9(13)10(5)17-15-2/h3-4,14,18H,13H2,1-2H3,(H,19,20,21). The normalized spacial score (nSPS) is 12.1. The molecule has 0 amide bonds. The molecule has 9 nitrogen and oxygen atoms in total. The number of rotatable bonds is 3. The summed E-state index contributed by atoms with van der Waals surface area (Å²) in [4.78, 5) is -0.670. The summed E-state index contributed by atoms with van der Waals surface area (Å²) in [7, 11) is -3.21. The molecule has 22 heavy (non-hydrogen) atoms. The Morgan fingerprint density at radius 3 is 2.41 bits per heavy atom. The Labute approximate surface area is 125 Å². The molecule has 0 aliphatic heterocycles. The number of fused-ring (bicyclic) bond motifs is 1. The van der Waals surface area contributed by atoms with Crippen LogP contribution in [-0.2, 0) is 10.1 Å². The van der Waals surface area contributed by atoms with Crippen LogP contribution in [0.5, 0.6) is 5.75 Å². The van der Waals surface area contributed by atoms with Crippen LogP contribution in [0, 0.1) is 12.5 Å². The van der Waals surface area contributed by atoms with Gasteiger partial charge in [-0.05, 0) is 30.0 Å². The van der Waals surface area contributed by atoms with Crippen LogP contribution in [0.15, 0.2) is 32.4 Å². The lowest BCUT2D eigenvalue weighted by atomic mass is 10.0. The van der Waals surface area contributed by atoms with Gasteiger partial charge in [0.15, 0.2) is 5.75 Å². The van der Waals surface area contributed by atoms with Crippen molar-refractivity contribution in [1.29, 1.82) is 5.53 Å². The van der Waals surface area contributed by atoms with Crippen LogP contribution < -0.4 is 5.73 Å². The summed E-state index contributed by atoms with van der Waals surface area (Å²) < 4.78 is 32.0. The number of hydrogen-bond acceptors (Lipinski definition) is 8. The molecule has 0 atom stereocenters. The molecule has 0 radical (unpaired) electrons. The van der Waals surface area contributed by atoms with E-state index in [1.54, 1.807) is 6.92 Å². The van der Waals surface area contributed by atoms with Gasteiger partial charge in [-0.25, -0.2) is 5.53 Å². The number of nitrogens with one attached hydrogen (secondary N) is 1. The monoisotopic (exact) mass is 323 g/mol. The third-order valence-electron chi connectivity index (χ3n) is 3.13. The van der Waals surface area contributed by atoms with Gasteiger partial charge in [0.05, 0.1) is 11.1 Å². The molecule has 0 aromatic heterocycles. The van der Waals surface area contributed by atoms with E-state index in [2.05, 4.69) is 15.3 Å². The predicted octanol–water partition coefficient (Wildman–Crippen LogP) is 3.06. The smallest absolute Gasteiger partial charge is 0.296 e. The lowest BCUT2D eigenvalue weighted by Gasteiger charge is -2.13. The van der Waals surface area contributed by atoms with Crippen molar-refractivity contribution in [2.45, 2.75) is 11.8 Å². The molecule has 2 aromatic carbocycles. The zero-order valence-electron chi connectivity index (χ0n) is 11.7. The van der Waals surface area contributed by atoms with Gasteiger partial charge in [0.2, 0.25) is 0 Å². The first-order valence-corrected chi connectivity index (χ1v) is 7.40. The summed E-state index contributed by atoms with van der Waals surface area (Å²) in [6.07, 6.45) is 0. The van der Waals surface area contributed by atoms with Crippen LogP contribution >= 0.6 is 0 Å². The van der Waals surface area contributed by atoms with Crippen molar-refractivity contribution in [2.24, 2.45) is 15.3 Å². The predicted molar refractivity (Wildman–Crippen MR) is 79.8 cm³/mol. The van der Waals surface area contributed by atoms with Gasteiger partial charge in [0, 0.05) is 7.05 Å². The molecule has 0 heterocycles. The van der Waals surface area contributed by atoms with Crippen molar-refractivity contribution in [2.75, 3.05) is 12.8 Å². The van der Waals surface area contributed by atoms with Crippen molar-refractivity contribution in [3.63, 3.8) is 0 Å². The summed E-state index contributed by atoms with van der Waals surface area (Å²) >= 11 is 0. The fraction of sp³-hybridized carbons (Fsp3) is 0.167. The van der Waals surface area contributed by atoms with Crippen molar-refractivity contribution >= 4 is 38.0 Å². The van der Waals surface area contributed by atoms with E-state index in [1.165, 1.54) is 13.1 Å². The minimum atomic E-state index is -4.66. The fourth-order valence-corrected chi connectivity index (χ4v) is 2.88. The van der Waals surface area contributed by atoms with Crippen molar-refractivity contribution in [3.8, 4) is 5.75 Å². The zero-order valence-corrected chi connectivity index (χ0v) is 12.5. The van der Waals surface area contributed by atoms with E-state index >= 15 is 0 Å². The van der Waals surface area contributed by atoms with E-state index < -0.39 is 26.5 Å². The first-order valence-electron chi connectivity index (χ1n) is 5.96. The molecule has 0 spiro atoms. The molecule has 5 N–H and O–H groups in total. The number of aromatic hydroxyl groups is 1. The Morgan fingerprint density at radius 2 is 1.91 bits per heavy atom. The summed E-state index contributed by atoms with van der Waals surface area (Å²) in [5.74, 6) is -0.620. The molecule has 0 fully saturated rings. The lowest BCUT2D eigenvalue weighted by Crippen LogP contribution is -2.00. The maximum atomic E-state index is 11.4. The highest BCUT2D eigenvalue weighted by Gasteiger charge is 2.24. The average molecular weight is 323 g/mol. The number of phenols is 1. The number of nitrogen functional groups attached to an aromatic ring is 1. The van der Waals surface area contributed by atoms with Gasteiger partial charge in [0.25, 0.3) is 10.1 Å². The molecular formula is C12H13N5O4S. The van der Waals surface area contributed by atoms with Crippen LogP contribution in [0.2, 0.25) is 0 Å². The number of phenolic OH excluding ortho intramolecular Hbond substituents is 1. The molecule has 2 rings (SSSR count). The Morgan fingerprint density at radius 1 is 1.27 bits per heavy atom. The third kappa shape index (κ3) is 2.38. The quantitative estimate of drug-likeness (QED) is 0.387. The SMILES string of the molecule is CN=Nc1c(C)cc2cc(S(=O)(=O)O)c(N=N)c(O)c2c1N. The number of anilines is 1. The van der Waals surface area contributed by atoms with Gasteiger partial charge in [-0.15, -0.1) is 0 Å². The lowest BCUT2D eigenvalue weighted by molar-refractivity contribution is 0.472. The van der Waals surface area contributed by atoms with Gasteiger partial charge >= 0.3 is 0 Å². The molecule has 116 valence electrons. The number of hydrogen-bond donors (Lipinski definition) is 4. The van der Waals surface area contributed by atoms with E-state index in [0.717, 1.165) is 6.07 Å². The van der Waals surface area contributed by atoms with E-state index in [4.69, 9.17) is 11.3 Å². The van der Waals surface area contributed by atoms with Gasteiger partial charge in [0.1, 0.15) is 16.3 Å². The molecule has 0 aliphatic carbocycles. The van der Waals surface area contributed by atoms with Crippen molar-refractivity contribution in [3.05, 3.63) is 17.7 Å². The van der Waals surface area contributed by atoms with Crippen LogP contribution in [0.1, 0.15) is 5.56 Å². The molecule has 0 unspecified atom stereocenters.